The Balaban J connectivity index is 1.82. The number of benzene rings is 1. The van der Waals surface area contributed by atoms with Gasteiger partial charge in [0.25, 0.3) is 0 Å². The molecule has 1 saturated heterocycles. The van der Waals surface area contributed by atoms with E-state index < -0.39 is 6.10 Å². The van der Waals surface area contributed by atoms with Crippen molar-refractivity contribution < 1.29 is 9.84 Å². The van der Waals surface area contributed by atoms with Gasteiger partial charge in [-0.05, 0) is 18.7 Å². The average Bonchev–Trinajstić information content (AvgIpc) is 3.04. The zero-order valence-corrected chi connectivity index (χ0v) is 12.1. The summed E-state index contributed by atoms with van der Waals surface area (Å²) in [5, 5.41) is 18.7. The van der Waals surface area contributed by atoms with Crippen LogP contribution in [0.1, 0.15) is 18.7 Å². The zero-order valence-electron chi connectivity index (χ0n) is 12.1. The molecule has 2 unspecified atom stereocenters. The summed E-state index contributed by atoms with van der Waals surface area (Å²) in [6.45, 7) is 5.35. The highest BCUT2D eigenvalue weighted by atomic mass is 16.5. The van der Waals surface area contributed by atoms with Crippen molar-refractivity contribution in [3.8, 4) is 5.69 Å². The third-order valence-electron chi connectivity index (χ3n) is 3.86. The van der Waals surface area contributed by atoms with Gasteiger partial charge in [-0.1, -0.05) is 30.3 Å². The first kappa shape index (κ1) is 14.2. The van der Waals surface area contributed by atoms with E-state index in [2.05, 4.69) is 22.1 Å². The molecule has 0 radical (unpaired) electrons. The average molecular weight is 288 g/mol. The number of hydrogen-bond acceptors (Lipinski definition) is 5. The van der Waals surface area contributed by atoms with E-state index in [9.17, 15) is 5.11 Å². The van der Waals surface area contributed by atoms with Gasteiger partial charge in [-0.15, -0.1) is 5.10 Å². The molecule has 6 nitrogen and oxygen atoms in total. The number of likely N-dealkylation sites (N-methyl/N-ethyl adjacent to an activating group) is 1. The molecule has 2 heterocycles. The van der Waals surface area contributed by atoms with Gasteiger partial charge in [0.2, 0.25) is 0 Å². The number of aromatic nitrogens is 3. The van der Waals surface area contributed by atoms with Crippen molar-refractivity contribution in [3.63, 3.8) is 0 Å². The predicted molar refractivity (Wildman–Crippen MR) is 78.2 cm³/mol. The lowest BCUT2D eigenvalue weighted by atomic mass is 10.1. The second kappa shape index (κ2) is 6.34. The van der Waals surface area contributed by atoms with Gasteiger partial charge in [0, 0.05) is 13.1 Å². The quantitative estimate of drug-likeness (QED) is 0.910. The highest BCUT2D eigenvalue weighted by molar-refractivity contribution is 5.32. The number of aliphatic hydroxyl groups excluding tert-OH is 1. The van der Waals surface area contributed by atoms with Crippen molar-refractivity contribution >= 4 is 0 Å². The highest BCUT2D eigenvalue weighted by Gasteiger charge is 2.30. The summed E-state index contributed by atoms with van der Waals surface area (Å²) in [5.41, 5.74) is 1.54. The Morgan fingerprint density at radius 1 is 1.38 bits per heavy atom. The van der Waals surface area contributed by atoms with Crippen LogP contribution in [0.3, 0.4) is 0 Å². The van der Waals surface area contributed by atoms with Gasteiger partial charge in [-0.2, -0.15) is 0 Å². The molecular formula is C15H20N4O2. The van der Waals surface area contributed by atoms with E-state index >= 15 is 0 Å². The van der Waals surface area contributed by atoms with Gasteiger partial charge in [0.15, 0.2) is 0 Å². The first-order valence-corrected chi connectivity index (χ1v) is 7.27. The van der Waals surface area contributed by atoms with Crippen molar-refractivity contribution in [1.82, 2.24) is 19.9 Å². The van der Waals surface area contributed by atoms with Crippen LogP contribution in [0.2, 0.25) is 0 Å². The summed E-state index contributed by atoms with van der Waals surface area (Å²) < 4.78 is 7.39. The number of morpholine rings is 1. The molecule has 1 aromatic heterocycles. The van der Waals surface area contributed by atoms with E-state index in [0.717, 1.165) is 25.3 Å². The molecule has 1 N–H and O–H groups in total. The standard InChI is InChI=1S/C15H20N4O2/c1-2-18-8-9-21-14(11-18)15(20)13-10-16-17-19(13)12-6-4-3-5-7-12/h3-7,10,14-15,20H,2,8-9,11H2,1H3. The van der Waals surface area contributed by atoms with Crippen LogP contribution in [0, 0.1) is 0 Å². The minimum Gasteiger partial charge on any atom is -0.384 e. The molecule has 1 aliphatic rings. The maximum atomic E-state index is 10.6. The lowest BCUT2D eigenvalue weighted by molar-refractivity contribution is -0.0906. The lowest BCUT2D eigenvalue weighted by Crippen LogP contribution is -2.45. The molecule has 1 aromatic carbocycles. The largest absolute Gasteiger partial charge is 0.384 e. The second-order valence-corrected chi connectivity index (χ2v) is 5.15. The number of ether oxygens (including phenoxy) is 1. The van der Waals surface area contributed by atoms with Crippen LogP contribution in [-0.2, 0) is 4.74 Å². The Hall–Kier alpha value is -1.76. The maximum absolute atomic E-state index is 10.6. The fourth-order valence-electron chi connectivity index (χ4n) is 2.61. The molecule has 112 valence electrons. The molecule has 0 spiro atoms. The van der Waals surface area contributed by atoms with E-state index in [0.29, 0.717) is 12.3 Å². The second-order valence-electron chi connectivity index (χ2n) is 5.15. The monoisotopic (exact) mass is 288 g/mol. The molecule has 0 bridgehead atoms. The molecule has 2 atom stereocenters. The number of nitrogens with zero attached hydrogens (tertiary/aromatic N) is 4. The third kappa shape index (κ3) is 2.97. The van der Waals surface area contributed by atoms with E-state index in [1.165, 1.54) is 0 Å². The predicted octanol–water partition coefficient (Wildman–Crippen LogP) is 1.02. The van der Waals surface area contributed by atoms with Crippen LogP contribution in [0.4, 0.5) is 0 Å². The SMILES string of the molecule is CCN1CCOC(C(O)c2cnnn2-c2ccccc2)C1. The van der Waals surface area contributed by atoms with E-state index in [1.807, 2.05) is 30.3 Å². The third-order valence-corrected chi connectivity index (χ3v) is 3.86. The van der Waals surface area contributed by atoms with Gasteiger partial charge in [-0.25, -0.2) is 4.68 Å². The van der Waals surface area contributed by atoms with Gasteiger partial charge in [0.05, 0.1) is 24.2 Å². The normalized spacial score (nSPS) is 21.3. The van der Waals surface area contributed by atoms with Crippen molar-refractivity contribution in [2.75, 3.05) is 26.2 Å². The van der Waals surface area contributed by atoms with Gasteiger partial charge in [0.1, 0.15) is 12.2 Å². The maximum Gasteiger partial charge on any atom is 0.125 e. The first-order valence-electron chi connectivity index (χ1n) is 7.27. The molecule has 0 amide bonds. The first-order chi connectivity index (χ1) is 10.3. The van der Waals surface area contributed by atoms with Crippen molar-refractivity contribution in [2.24, 2.45) is 0 Å². The van der Waals surface area contributed by atoms with Crippen LogP contribution in [0.5, 0.6) is 0 Å². The summed E-state index contributed by atoms with van der Waals surface area (Å²) in [4.78, 5) is 2.27. The lowest BCUT2D eigenvalue weighted by Gasteiger charge is -2.34. The molecule has 0 saturated carbocycles. The Kier molecular flexibility index (Phi) is 4.28. The van der Waals surface area contributed by atoms with Crippen LogP contribution in [0.25, 0.3) is 5.69 Å². The number of aliphatic hydroxyl groups is 1. The van der Waals surface area contributed by atoms with Crippen molar-refractivity contribution in [1.29, 1.82) is 0 Å². The smallest absolute Gasteiger partial charge is 0.125 e. The fraction of sp³-hybridized carbons (Fsp3) is 0.467. The van der Waals surface area contributed by atoms with E-state index in [-0.39, 0.29) is 6.10 Å². The minimum atomic E-state index is -0.741. The summed E-state index contributed by atoms with van der Waals surface area (Å²) in [6.07, 6.45) is 0.612. The summed E-state index contributed by atoms with van der Waals surface area (Å²) in [6, 6.07) is 9.68. The van der Waals surface area contributed by atoms with Gasteiger partial charge in [-0.3, -0.25) is 4.90 Å². The summed E-state index contributed by atoms with van der Waals surface area (Å²) >= 11 is 0. The number of rotatable bonds is 4. The molecule has 1 aliphatic heterocycles. The Bertz CT molecular complexity index is 572. The molecule has 6 heteroatoms. The van der Waals surface area contributed by atoms with Crippen LogP contribution >= 0.6 is 0 Å². The highest BCUT2D eigenvalue weighted by Crippen LogP contribution is 2.23. The topological polar surface area (TPSA) is 63.4 Å². The Labute approximate surface area is 124 Å². The fourth-order valence-corrected chi connectivity index (χ4v) is 2.61. The molecule has 2 aromatic rings. The van der Waals surface area contributed by atoms with Gasteiger partial charge < -0.3 is 9.84 Å². The van der Waals surface area contributed by atoms with E-state index in [1.54, 1.807) is 10.9 Å². The molecule has 3 rings (SSSR count). The number of hydrogen-bond donors (Lipinski definition) is 1. The molecule has 1 fully saturated rings. The summed E-state index contributed by atoms with van der Waals surface area (Å²) in [7, 11) is 0. The zero-order chi connectivity index (χ0) is 14.7. The Morgan fingerprint density at radius 2 is 2.19 bits per heavy atom. The number of para-hydroxylation sites is 1. The van der Waals surface area contributed by atoms with Crippen LogP contribution < -0.4 is 0 Å². The molecule has 0 aliphatic carbocycles. The van der Waals surface area contributed by atoms with Crippen LogP contribution in [-0.4, -0.2) is 57.3 Å². The summed E-state index contributed by atoms with van der Waals surface area (Å²) in [5.74, 6) is 0. The Morgan fingerprint density at radius 3 is 2.95 bits per heavy atom. The van der Waals surface area contributed by atoms with Crippen molar-refractivity contribution in [2.45, 2.75) is 19.1 Å². The minimum absolute atomic E-state index is 0.250. The van der Waals surface area contributed by atoms with Crippen LogP contribution in [0.15, 0.2) is 36.5 Å². The molecule has 21 heavy (non-hydrogen) atoms. The molecular weight excluding hydrogens is 268 g/mol. The van der Waals surface area contributed by atoms with Crippen molar-refractivity contribution in [3.05, 3.63) is 42.2 Å². The van der Waals surface area contributed by atoms with Gasteiger partial charge >= 0.3 is 0 Å². The van der Waals surface area contributed by atoms with E-state index in [4.69, 9.17) is 4.74 Å².